The Morgan fingerprint density at radius 2 is 1.96 bits per heavy atom. The summed E-state index contributed by atoms with van der Waals surface area (Å²) < 4.78 is 13.8. The van der Waals surface area contributed by atoms with Crippen molar-refractivity contribution in [1.82, 2.24) is 9.97 Å². The molecule has 0 aliphatic heterocycles. The van der Waals surface area contributed by atoms with Crippen LogP contribution in [0, 0.1) is 15.9 Å². The molecule has 3 rings (SSSR count). The molecule has 128 valence electrons. The number of anilines is 3. The zero-order valence-electron chi connectivity index (χ0n) is 13.0. The van der Waals surface area contributed by atoms with Gasteiger partial charge in [0.2, 0.25) is 11.6 Å². The van der Waals surface area contributed by atoms with Gasteiger partial charge in [0.1, 0.15) is 12.1 Å². The Morgan fingerprint density at radius 3 is 2.68 bits per heavy atom. The van der Waals surface area contributed by atoms with Crippen LogP contribution in [0.4, 0.5) is 27.4 Å². The predicted octanol–water partition coefficient (Wildman–Crippen LogP) is 3.98. The van der Waals surface area contributed by atoms with Crippen molar-refractivity contribution in [2.45, 2.75) is 6.42 Å². The van der Waals surface area contributed by atoms with Gasteiger partial charge in [0, 0.05) is 11.4 Å². The van der Waals surface area contributed by atoms with E-state index in [4.69, 9.17) is 0 Å². The molecule has 0 fully saturated rings. The average molecular weight is 359 g/mol. The van der Waals surface area contributed by atoms with Crippen molar-refractivity contribution in [3.63, 3.8) is 0 Å². The zero-order chi connectivity index (χ0) is 17.6. The van der Waals surface area contributed by atoms with E-state index in [2.05, 4.69) is 20.6 Å². The summed E-state index contributed by atoms with van der Waals surface area (Å²) in [5.74, 6) is -0.498. The van der Waals surface area contributed by atoms with Crippen molar-refractivity contribution in [3.8, 4) is 0 Å². The molecule has 3 aromatic rings. The number of halogens is 1. The molecular formula is C16H14FN5O2S. The van der Waals surface area contributed by atoms with E-state index in [1.807, 2.05) is 17.5 Å². The summed E-state index contributed by atoms with van der Waals surface area (Å²) in [5, 5.41) is 19.0. The van der Waals surface area contributed by atoms with Gasteiger partial charge in [0.15, 0.2) is 0 Å². The second kappa shape index (κ2) is 7.67. The van der Waals surface area contributed by atoms with Crippen LogP contribution < -0.4 is 10.6 Å². The van der Waals surface area contributed by atoms with Gasteiger partial charge in [-0.25, -0.2) is 14.4 Å². The first-order chi connectivity index (χ1) is 12.1. The highest BCUT2D eigenvalue weighted by atomic mass is 32.1. The maximum Gasteiger partial charge on any atom is 0.353 e. The number of aromatic nitrogens is 2. The number of nitro groups is 1. The van der Waals surface area contributed by atoms with Crippen LogP contribution in [0.15, 0.2) is 48.1 Å². The third kappa shape index (κ3) is 4.07. The molecule has 2 aromatic heterocycles. The Bertz CT molecular complexity index is 873. The van der Waals surface area contributed by atoms with E-state index in [0.29, 0.717) is 6.54 Å². The highest BCUT2D eigenvalue weighted by molar-refractivity contribution is 7.09. The Morgan fingerprint density at radius 1 is 1.16 bits per heavy atom. The number of thiophene rings is 1. The first kappa shape index (κ1) is 16.8. The fourth-order valence-corrected chi connectivity index (χ4v) is 2.93. The maximum absolute atomic E-state index is 13.8. The molecule has 0 unspecified atom stereocenters. The molecule has 1 aromatic carbocycles. The van der Waals surface area contributed by atoms with Crippen LogP contribution in [0.25, 0.3) is 0 Å². The highest BCUT2D eigenvalue weighted by Gasteiger charge is 2.23. The van der Waals surface area contributed by atoms with Gasteiger partial charge >= 0.3 is 5.69 Å². The monoisotopic (exact) mass is 359 g/mol. The van der Waals surface area contributed by atoms with Gasteiger partial charge in [-0.05, 0) is 30.0 Å². The molecule has 0 saturated heterocycles. The molecule has 0 aliphatic rings. The SMILES string of the molecule is O=[N+]([O-])c1c(NCCc2cccs2)ncnc1Nc1ccccc1F. The summed E-state index contributed by atoms with van der Waals surface area (Å²) in [4.78, 5) is 19.9. The van der Waals surface area contributed by atoms with Crippen molar-refractivity contribution in [2.24, 2.45) is 0 Å². The van der Waals surface area contributed by atoms with Crippen LogP contribution >= 0.6 is 11.3 Å². The van der Waals surface area contributed by atoms with E-state index in [1.165, 1.54) is 24.5 Å². The van der Waals surface area contributed by atoms with Gasteiger partial charge in [-0.15, -0.1) is 11.3 Å². The number of rotatable bonds is 7. The molecule has 0 saturated carbocycles. The first-order valence-corrected chi connectivity index (χ1v) is 8.30. The summed E-state index contributed by atoms with van der Waals surface area (Å²) in [6, 6.07) is 9.83. The fourth-order valence-electron chi connectivity index (χ4n) is 2.22. The molecular weight excluding hydrogens is 345 g/mol. The lowest BCUT2D eigenvalue weighted by Crippen LogP contribution is -2.10. The highest BCUT2D eigenvalue weighted by Crippen LogP contribution is 2.31. The van der Waals surface area contributed by atoms with Crippen LogP contribution in [-0.4, -0.2) is 21.4 Å². The number of hydrogen-bond acceptors (Lipinski definition) is 7. The molecule has 0 bridgehead atoms. The van der Waals surface area contributed by atoms with Crippen molar-refractivity contribution < 1.29 is 9.31 Å². The summed E-state index contributed by atoms with van der Waals surface area (Å²) in [6.07, 6.45) is 1.92. The largest absolute Gasteiger partial charge is 0.364 e. The summed E-state index contributed by atoms with van der Waals surface area (Å²) >= 11 is 1.61. The van der Waals surface area contributed by atoms with Crippen LogP contribution in [0.1, 0.15) is 4.88 Å². The predicted molar refractivity (Wildman–Crippen MR) is 94.9 cm³/mol. The molecule has 0 radical (unpaired) electrons. The molecule has 9 heteroatoms. The molecule has 7 nitrogen and oxygen atoms in total. The Hall–Kier alpha value is -3.07. The molecule has 25 heavy (non-hydrogen) atoms. The van der Waals surface area contributed by atoms with E-state index in [1.54, 1.807) is 17.4 Å². The minimum absolute atomic E-state index is 0.0660. The minimum atomic E-state index is -0.587. The number of nitrogens with one attached hydrogen (secondary N) is 2. The van der Waals surface area contributed by atoms with Gasteiger partial charge in [-0.2, -0.15) is 0 Å². The van der Waals surface area contributed by atoms with Crippen molar-refractivity contribution >= 4 is 34.3 Å². The Kier molecular flexibility index (Phi) is 5.14. The number of hydrogen-bond donors (Lipinski definition) is 2. The lowest BCUT2D eigenvalue weighted by atomic mass is 10.3. The average Bonchev–Trinajstić information content (AvgIpc) is 3.10. The van der Waals surface area contributed by atoms with E-state index in [9.17, 15) is 14.5 Å². The minimum Gasteiger partial charge on any atom is -0.364 e. The molecule has 2 N–H and O–H groups in total. The number of nitrogens with zero attached hydrogens (tertiary/aromatic N) is 3. The molecule has 0 spiro atoms. The fraction of sp³-hybridized carbons (Fsp3) is 0.125. The smallest absolute Gasteiger partial charge is 0.353 e. The van der Waals surface area contributed by atoms with E-state index in [-0.39, 0.29) is 23.0 Å². The van der Waals surface area contributed by atoms with Crippen molar-refractivity contribution in [3.05, 3.63) is 68.9 Å². The van der Waals surface area contributed by atoms with E-state index in [0.717, 1.165) is 11.3 Å². The van der Waals surface area contributed by atoms with Crippen LogP contribution in [0.3, 0.4) is 0 Å². The molecule has 0 amide bonds. The first-order valence-electron chi connectivity index (χ1n) is 7.42. The summed E-state index contributed by atoms with van der Waals surface area (Å²) in [6.45, 7) is 0.484. The third-order valence-corrected chi connectivity index (χ3v) is 4.31. The normalized spacial score (nSPS) is 10.4. The van der Waals surface area contributed by atoms with E-state index >= 15 is 0 Å². The Labute approximate surface area is 146 Å². The lowest BCUT2D eigenvalue weighted by molar-refractivity contribution is -0.383. The Balaban J connectivity index is 1.81. The van der Waals surface area contributed by atoms with Gasteiger partial charge in [0.25, 0.3) is 0 Å². The lowest BCUT2D eigenvalue weighted by Gasteiger charge is -2.10. The topological polar surface area (TPSA) is 93.0 Å². The second-order valence-corrected chi connectivity index (χ2v) is 6.07. The number of para-hydroxylation sites is 1. The molecule has 2 heterocycles. The maximum atomic E-state index is 13.8. The number of benzene rings is 1. The third-order valence-electron chi connectivity index (χ3n) is 3.38. The summed E-state index contributed by atoms with van der Waals surface area (Å²) in [7, 11) is 0. The van der Waals surface area contributed by atoms with Crippen molar-refractivity contribution in [2.75, 3.05) is 17.2 Å². The van der Waals surface area contributed by atoms with Crippen LogP contribution in [-0.2, 0) is 6.42 Å². The van der Waals surface area contributed by atoms with Gasteiger partial charge < -0.3 is 10.6 Å². The van der Waals surface area contributed by atoms with Gasteiger partial charge in [0.05, 0.1) is 10.6 Å². The zero-order valence-corrected chi connectivity index (χ0v) is 13.8. The van der Waals surface area contributed by atoms with E-state index < -0.39 is 10.7 Å². The standard InChI is InChI=1S/C16H14FN5O2S/c17-12-5-1-2-6-13(12)21-16-14(22(23)24)15(19-10-20-16)18-8-7-11-4-3-9-25-11/h1-6,9-10H,7-8H2,(H2,18,19,20,21). The van der Waals surface area contributed by atoms with Crippen molar-refractivity contribution in [1.29, 1.82) is 0 Å². The summed E-state index contributed by atoms with van der Waals surface area (Å²) in [5.41, 5.74) is -0.217. The molecule has 0 atom stereocenters. The second-order valence-electron chi connectivity index (χ2n) is 5.04. The van der Waals surface area contributed by atoms with Gasteiger partial charge in [-0.3, -0.25) is 10.1 Å². The quantitative estimate of drug-likeness (QED) is 0.489. The van der Waals surface area contributed by atoms with Crippen LogP contribution in [0.5, 0.6) is 0 Å². The molecule has 0 aliphatic carbocycles. The van der Waals surface area contributed by atoms with Crippen LogP contribution in [0.2, 0.25) is 0 Å². The van der Waals surface area contributed by atoms with Gasteiger partial charge in [-0.1, -0.05) is 18.2 Å².